The van der Waals surface area contributed by atoms with Crippen molar-refractivity contribution in [3.05, 3.63) is 143 Å². The second kappa shape index (κ2) is 15.0. The Hall–Kier alpha value is -2.95. The number of rotatable bonds is 5. The molecule has 1 radical (unpaired) electrons. The predicted octanol–water partition coefficient (Wildman–Crippen LogP) is 8.37. The topological polar surface area (TPSA) is 38.8 Å². The zero-order valence-corrected chi connectivity index (χ0v) is 27.7. The summed E-state index contributed by atoms with van der Waals surface area (Å²) in [6.07, 6.45) is 4.05. The Labute approximate surface area is 276 Å². The van der Waals surface area contributed by atoms with Crippen molar-refractivity contribution in [1.82, 2.24) is 4.90 Å². The van der Waals surface area contributed by atoms with Gasteiger partial charge in [0.1, 0.15) is 18.0 Å². The summed E-state index contributed by atoms with van der Waals surface area (Å²) in [5.74, 6) is 1.84. The molecule has 0 aromatic heterocycles. The molecule has 4 aromatic rings. The summed E-state index contributed by atoms with van der Waals surface area (Å²) < 4.78 is 11.2. The molecule has 6 rings (SSSR count). The predicted molar refractivity (Wildman–Crippen MR) is 164 cm³/mol. The van der Waals surface area contributed by atoms with Crippen LogP contribution in [0, 0.1) is 12.5 Å². The molecule has 42 heavy (non-hydrogen) atoms. The van der Waals surface area contributed by atoms with Gasteiger partial charge in [0.15, 0.2) is 0 Å². The smallest absolute Gasteiger partial charge is 0.405 e. The first kappa shape index (κ1) is 32.0. The SMILES string of the molecule is CC(C)(C)Oc1ccc2c(c1)CC[C@H](c1ccccc1)[C@@H]2c1cc[c-]cc1.O=C(OCc1ccccc1)N1C[CH-]C1.[Y]. The molecule has 1 amide bonds. The molecule has 0 unspecified atom stereocenters. The van der Waals surface area contributed by atoms with Crippen LogP contribution in [0.4, 0.5) is 4.79 Å². The molecule has 0 bridgehead atoms. The number of amides is 1. The van der Waals surface area contributed by atoms with E-state index in [4.69, 9.17) is 9.47 Å². The third kappa shape index (κ3) is 8.55. The molecular formula is C37H39NO3Y-2. The Bertz CT molecular complexity index is 1400. The maximum atomic E-state index is 11.3. The summed E-state index contributed by atoms with van der Waals surface area (Å²) in [6, 6.07) is 39.0. The van der Waals surface area contributed by atoms with Crippen LogP contribution in [0.5, 0.6) is 5.75 Å². The summed E-state index contributed by atoms with van der Waals surface area (Å²) in [7, 11) is 0. The molecule has 1 aliphatic heterocycles. The van der Waals surface area contributed by atoms with Gasteiger partial charge >= 0.3 is 6.09 Å². The van der Waals surface area contributed by atoms with E-state index in [2.05, 4.69) is 87.5 Å². The van der Waals surface area contributed by atoms with Gasteiger partial charge in [-0.1, -0.05) is 66.7 Å². The second-order valence-electron chi connectivity index (χ2n) is 11.7. The van der Waals surface area contributed by atoms with Crippen molar-refractivity contribution in [1.29, 1.82) is 0 Å². The van der Waals surface area contributed by atoms with Crippen LogP contribution in [-0.4, -0.2) is 29.7 Å². The summed E-state index contributed by atoms with van der Waals surface area (Å²) in [5, 5.41) is 0. The van der Waals surface area contributed by atoms with Gasteiger partial charge in [-0.15, -0.1) is 18.7 Å². The van der Waals surface area contributed by atoms with E-state index >= 15 is 0 Å². The van der Waals surface area contributed by atoms with Gasteiger partial charge in [-0.3, -0.25) is 6.42 Å². The van der Waals surface area contributed by atoms with Gasteiger partial charge in [0, 0.05) is 32.7 Å². The Morgan fingerprint density at radius 3 is 2.19 bits per heavy atom. The average molecular weight is 635 g/mol. The van der Waals surface area contributed by atoms with Crippen molar-refractivity contribution in [2.45, 2.75) is 57.7 Å². The number of nitrogens with zero attached hydrogens (tertiary/aromatic N) is 1. The van der Waals surface area contributed by atoms with Gasteiger partial charge in [-0.2, -0.15) is 30.3 Å². The van der Waals surface area contributed by atoms with Crippen molar-refractivity contribution < 1.29 is 47.0 Å². The minimum atomic E-state index is -0.226. The molecule has 2 aliphatic rings. The number of benzene rings is 4. The number of ether oxygens (including phenoxy) is 2. The van der Waals surface area contributed by atoms with Gasteiger partial charge < -0.3 is 14.4 Å². The fourth-order valence-corrected chi connectivity index (χ4v) is 5.51. The van der Waals surface area contributed by atoms with E-state index in [-0.39, 0.29) is 44.4 Å². The molecule has 2 atom stereocenters. The van der Waals surface area contributed by atoms with Crippen molar-refractivity contribution >= 4 is 6.09 Å². The Morgan fingerprint density at radius 1 is 0.905 bits per heavy atom. The van der Waals surface area contributed by atoms with Crippen LogP contribution in [0.3, 0.4) is 0 Å². The van der Waals surface area contributed by atoms with Crippen LogP contribution in [0.25, 0.3) is 0 Å². The summed E-state index contributed by atoms with van der Waals surface area (Å²) in [5.41, 5.74) is 6.49. The van der Waals surface area contributed by atoms with Gasteiger partial charge in [0.05, 0.1) is 0 Å². The summed E-state index contributed by atoms with van der Waals surface area (Å²) in [6.45, 7) is 8.08. The molecule has 1 saturated heterocycles. The van der Waals surface area contributed by atoms with Crippen molar-refractivity contribution in [3.8, 4) is 5.75 Å². The molecule has 4 aromatic carbocycles. The first-order valence-corrected chi connectivity index (χ1v) is 14.5. The number of hydrogen-bond acceptors (Lipinski definition) is 3. The number of aryl methyl sites for hydroxylation is 1. The Morgan fingerprint density at radius 2 is 1.57 bits per heavy atom. The molecule has 4 nitrogen and oxygen atoms in total. The minimum Gasteiger partial charge on any atom is -0.488 e. The molecule has 0 saturated carbocycles. The monoisotopic (exact) mass is 634 g/mol. The van der Waals surface area contributed by atoms with Gasteiger partial charge in [-0.05, 0) is 79.8 Å². The average Bonchev–Trinajstić information content (AvgIpc) is 2.95. The third-order valence-corrected chi connectivity index (χ3v) is 7.49. The van der Waals surface area contributed by atoms with Crippen molar-refractivity contribution in [2.24, 2.45) is 0 Å². The number of hydrogen-bond donors (Lipinski definition) is 0. The van der Waals surface area contributed by atoms with E-state index in [0.29, 0.717) is 31.5 Å². The number of carbonyl (C=O) groups is 1. The molecule has 5 heteroatoms. The van der Waals surface area contributed by atoms with Crippen LogP contribution >= 0.6 is 0 Å². The van der Waals surface area contributed by atoms with E-state index < -0.39 is 0 Å². The molecule has 0 spiro atoms. The first-order valence-electron chi connectivity index (χ1n) is 14.5. The van der Waals surface area contributed by atoms with Crippen LogP contribution in [0.2, 0.25) is 0 Å². The zero-order chi connectivity index (χ0) is 28.7. The maximum Gasteiger partial charge on any atom is 0.405 e. The van der Waals surface area contributed by atoms with Crippen LogP contribution in [-0.2, 0) is 50.5 Å². The van der Waals surface area contributed by atoms with E-state index in [1.165, 1.54) is 22.3 Å². The van der Waals surface area contributed by atoms with Crippen LogP contribution < -0.4 is 4.74 Å². The third-order valence-electron chi connectivity index (χ3n) is 7.49. The van der Waals surface area contributed by atoms with Gasteiger partial charge in [-0.25, -0.2) is 4.79 Å². The second-order valence-corrected chi connectivity index (χ2v) is 11.7. The molecular weight excluding hydrogens is 595 g/mol. The summed E-state index contributed by atoms with van der Waals surface area (Å²) in [4.78, 5) is 12.9. The molecule has 1 heterocycles. The van der Waals surface area contributed by atoms with E-state index in [9.17, 15) is 4.79 Å². The minimum absolute atomic E-state index is 0. The largest absolute Gasteiger partial charge is 0.488 e. The number of likely N-dealkylation sites (tertiary alicyclic amines) is 1. The van der Waals surface area contributed by atoms with E-state index in [1.54, 1.807) is 4.90 Å². The zero-order valence-electron chi connectivity index (χ0n) is 24.8. The van der Waals surface area contributed by atoms with Crippen LogP contribution in [0.1, 0.15) is 66.8 Å². The Kier molecular flexibility index (Phi) is 11.4. The molecule has 0 N–H and O–H groups in total. The first-order chi connectivity index (χ1) is 19.9. The molecule has 1 aliphatic carbocycles. The standard InChI is InChI=1S/C26H27O.C11H12NO2.Y/c1-26(2,3)27-22-15-17-24-21(18-22)14-16-23(19-10-6-4-7-11-19)25(24)20-12-8-5-9-13-20;13-11(12-7-4-8-12)14-9-10-5-2-1-3-6-10;/h4,6-13,15,17-18,23,25H,14,16H2,1-3H3;1-6H,7-9H2;/q2*-1;/t23-,25+;;/m1../s1. The summed E-state index contributed by atoms with van der Waals surface area (Å²) >= 11 is 0. The van der Waals surface area contributed by atoms with Gasteiger partial charge in [0.25, 0.3) is 0 Å². The molecule has 215 valence electrons. The maximum absolute atomic E-state index is 11.3. The fraction of sp³-hybridized carbons (Fsp3) is 0.297. The molecule has 1 fully saturated rings. The van der Waals surface area contributed by atoms with E-state index in [0.717, 1.165) is 24.2 Å². The van der Waals surface area contributed by atoms with E-state index in [1.807, 2.05) is 48.9 Å². The number of fused-ring (bicyclic) bond motifs is 1. The van der Waals surface area contributed by atoms with Crippen molar-refractivity contribution in [3.63, 3.8) is 0 Å². The van der Waals surface area contributed by atoms with Crippen molar-refractivity contribution in [2.75, 3.05) is 13.1 Å². The van der Waals surface area contributed by atoms with Gasteiger partial charge in [0.2, 0.25) is 0 Å². The number of carbonyl (C=O) groups excluding carboxylic acids is 1. The normalized spacial score (nSPS) is 17.4. The quantitative estimate of drug-likeness (QED) is 0.207. The Balaban J connectivity index is 0.000000228. The fourth-order valence-electron chi connectivity index (χ4n) is 5.51. The van der Waals surface area contributed by atoms with Crippen LogP contribution in [0.15, 0.2) is 103 Å².